The Kier molecular flexibility index (Phi) is 7.25. The molecule has 1 amide bonds. The molecule has 1 atom stereocenters. The molecule has 1 unspecified atom stereocenters. The Morgan fingerprint density at radius 1 is 1.33 bits per heavy atom. The molecule has 0 aliphatic carbocycles. The third-order valence-electron chi connectivity index (χ3n) is 5.20. The van der Waals surface area contributed by atoms with E-state index in [4.69, 9.17) is 9.47 Å². The molecule has 164 valence electrons. The molecular weight excluding hydrogens is 388 g/mol. The molecule has 9 heteroatoms. The summed E-state index contributed by atoms with van der Waals surface area (Å²) < 4.78 is 13.6. The highest BCUT2D eigenvalue weighted by atomic mass is 16.5. The highest BCUT2D eigenvalue weighted by Gasteiger charge is 2.21. The summed E-state index contributed by atoms with van der Waals surface area (Å²) in [6.45, 7) is 5.16. The lowest BCUT2D eigenvalue weighted by Crippen LogP contribution is -2.44. The summed E-state index contributed by atoms with van der Waals surface area (Å²) in [6.07, 6.45) is 5.85. The van der Waals surface area contributed by atoms with Crippen molar-refractivity contribution in [3.05, 3.63) is 32.6 Å². The molecule has 0 saturated carbocycles. The van der Waals surface area contributed by atoms with Crippen LogP contribution in [-0.2, 0) is 29.5 Å². The standard InChI is InChI=1S/C21H30N4O5/c1-4-7-14-11-23-19-17(18(14)30-9-5-2)20(27)25(21(28)24(19)3)13-16(26)22-12-15-8-6-10-29-15/h11,15H,4-10,12-13H2,1-3H3,(H,22,26). The van der Waals surface area contributed by atoms with Gasteiger partial charge in [0.1, 0.15) is 17.7 Å². The molecule has 0 radical (unpaired) electrons. The lowest BCUT2D eigenvalue weighted by molar-refractivity contribution is -0.122. The Hall–Kier alpha value is -2.68. The first kappa shape index (κ1) is 22.0. The van der Waals surface area contributed by atoms with Crippen LogP contribution in [0.15, 0.2) is 15.8 Å². The van der Waals surface area contributed by atoms with Gasteiger partial charge in [0, 0.05) is 32.0 Å². The van der Waals surface area contributed by atoms with Crippen LogP contribution >= 0.6 is 0 Å². The molecule has 0 spiro atoms. The van der Waals surface area contributed by atoms with E-state index in [2.05, 4.69) is 10.3 Å². The third kappa shape index (κ3) is 4.56. The quantitative estimate of drug-likeness (QED) is 0.655. The van der Waals surface area contributed by atoms with Crippen molar-refractivity contribution in [1.82, 2.24) is 19.4 Å². The molecule has 2 aromatic heterocycles. The first-order chi connectivity index (χ1) is 14.5. The number of pyridine rings is 1. The summed E-state index contributed by atoms with van der Waals surface area (Å²) in [5.74, 6) is 0.0514. The largest absolute Gasteiger partial charge is 0.492 e. The maximum atomic E-state index is 13.3. The second-order valence-corrected chi connectivity index (χ2v) is 7.58. The van der Waals surface area contributed by atoms with E-state index in [0.29, 0.717) is 31.9 Å². The Bertz CT molecular complexity index is 1020. The van der Waals surface area contributed by atoms with E-state index in [1.165, 1.54) is 4.57 Å². The lowest BCUT2D eigenvalue weighted by atomic mass is 10.1. The Labute approximate surface area is 175 Å². The minimum Gasteiger partial charge on any atom is -0.492 e. The van der Waals surface area contributed by atoms with E-state index in [1.54, 1.807) is 13.2 Å². The zero-order valence-electron chi connectivity index (χ0n) is 17.9. The van der Waals surface area contributed by atoms with Crippen LogP contribution < -0.4 is 21.3 Å². The van der Waals surface area contributed by atoms with Gasteiger partial charge in [-0.25, -0.2) is 14.3 Å². The van der Waals surface area contributed by atoms with Crippen molar-refractivity contribution >= 4 is 16.9 Å². The second kappa shape index (κ2) is 9.88. The number of hydrogen-bond acceptors (Lipinski definition) is 6. The molecule has 0 aromatic carbocycles. The lowest BCUT2D eigenvalue weighted by Gasteiger charge is -2.16. The third-order valence-corrected chi connectivity index (χ3v) is 5.20. The molecule has 9 nitrogen and oxygen atoms in total. The van der Waals surface area contributed by atoms with Gasteiger partial charge in [0.05, 0.1) is 12.7 Å². The van der Waals surface area contributed by atoms with E-state index in [9.17, 15) is 14.4 Å². The topological polar surface area (TPSA) is 104 Å². The van der Waals surface area contributed by atoms with Crippen molar-refractivity contribution in [2.75, 3.05) is 19.8 Å². The van der Waals surface area contributed by atoms with Crippen LogP contribution in [0.3, 0.4) is 0 Å². The van der Waals surface area contributed by atoms with Crippen molar-refractivity contribution in [2.24, 2.45) is 7.05 Å². The summed E-state index contributed by atoms with van der Waals surface area (Å²) in [5, 5.41) is 3.00. The van der Waals surface area contributed by atoms with Gasteiger partial charge < -0.3 is 14.8 Å². The van der Waals surface area contributed by atoms with Crippen LogP contribution in [0.2, 0.25) is 0 Å². The summed E-state index contributed by atoms with van der Waals surface area (Å²) in [7, 11) is 1.54. The van der Waals surface area contributed by atoms with Crippen LogP contribution in [0.1, 0.15) is 45.1 Å². The molecule has 3 heterocycles. The van der Waals surface area contributed by atoms with Crippen LogP contribution in [0.5, 0.6) is 5.75 Å². The zero-order valence-corrected chi connectivity index (χ0v) is 17.9. The smallest absolute Gasteiger partial charge is 0.332 e. The fraction of sp³-hybridized carbons (Fsp3) is 0.619. The Morgan fingerprint density at radius 3 is 2.80 bits per heavy atom. The Balaban J connectivity index is 2.00. The second-order valence-electron chi connectivity index (χ2n) is 7.58. The summed E-state index contributed by atoms with van der Waals surface area (Å²) in [5.41, 5.74) is -0.0653. The molecule has 0 bridgehead atoms. The summed E-state index contributed by atoms with van der Waals surface area (Å²) in [6, 6.07) is 0. The highest BCUT2D eigenvalue weighted by Crippen LogP contribution is 2.26. The van der Waals surface area contributed by atoms with Gasteiger partial charge >= 0.3 is 5.69 Å². The minimum absolute atomic E-state index is 0.0139. The molecule has 3 rings (SSSR count). The van der Waals surface area contributed by atoms with Crippen molar-refractivity contribution in [3.8, 4) is 5.75 Å². The number of aryl methyl sites for hydroxylation is 2. The monoisotopic (exact) mass is 418 g/mol. The normalized spacial score (nSPS) is 16.2. The summed E-state index contributed by atoms with van der Waals surface area (Å²) in [4.78, 5) is 42.8. The number of ether oxygens (including phenoxy) is 2. The number of nitrogens with one attached hydrogen (secondary N) is 1. The van der Waals surface area contributed by atoms with E-state index < -0.39 is 17.2 Å². The van der Waals surface area contributed by atoms with Gasteiger partial charge in [-0.15, -0.1) is 0 Å². The average molecular weight is 418 g/mol. The van der Waals surface area contributed by atoms with E-state index in [1.807, 2.05) is 13.8 Å². The maximum Gasteiger partial charge on any atom is 0.332 e. The molecule has 30 heavy (non-hydrogen) atoms. The number of aromatic nitrogens is 3. The van der Waals surface area contributed by atoms with Crippen molar-refractivity contribution < 1.29 is 14.3 Å². The predicted octanol–water partition coefficient (Wildman–Crippen LogP) is 1.13. The van der Waals surface area contributed by atoms with Gasteiger partial charge in [-0.05, 0) is 25.7 Å². The number of amides is 1. The van der Waals surface area contributed by atoms with Gasteiger partial charge in [0.15, 0.2) is 5.65 Å². The molecule has 2 aromatic rings. The van der Waals surface area contributed by atoms with Crippen molar-refractivity contribution in [2.45, 2.75) is 58.6 Å². The maximum absolute atomic E-state index is 13.3. The molecular formula is C21H30N4O5. The van der Waals surface area contributed by atoms with Gasteiger partial charge in [-0.1, -0.05) is 20.3 Å². The number of hydrogen-bond donors (Lipinski definition) is 1. The molecule has 1 N–H and O–H groups in total. The molecule has 1 aliphatic heterocycles. The van der Waals surface area contributed by atoms with Crippen molar-refractivity contribution in [3.63, 3.8) is 0 Å². The van der Waals surface area contributed by atoms with E-state index in [0.717, 1.165) is 35.8 Å². The van der Waals surface area contributed by atoms with Gasteiger partial charge in [-0.3, -0.25) is 14.2 Å². The van der Waals surface area contributed by atoms with Crippen LogP contribution in [0.4, 0.5) is 0 Å². The van der Waals surface area contributed by atoms with Crippen molar-refractivity contribution in [1.29, 1.82) is 0 Å². The van der Waals surface area contributed by atoms with Crippen LogP contribution in [0, 0.1) is 0 Å². The summed E-state index contributed by atoms with van der Waals surface area (Å²) >= 11 is 0. The molecule has 1 fully saturated rings. The minimum atomic E-state index is -0.586. The fourth-order valence-electron chi connectivity index (χ4n) is 3.65. The first-order valence-corrected chi connectivity index (χ1v) is 10.6. The van der Waals surface area contributed by atoms with Gasteiger partial charge in [-0.2, -0.15) is 0 Å². The van der Waals surface area contributed by atoms with E-state index >= 15 is 0 Å². The number of carbonyl (C=O) groups is 1. The van der Waals surface area contributed by atoms with Crippen LogP contribution in [0.25, 0.3) is 11.0 Å². The van der Waals surface area contributed by atoms with Gasteiger partial charge in [0.25, 0.3) is 5.56 Å². The average Bonchev–Trinajstić information content (AvgIpc) is 3.26. The first-order valence-electron chi connectivity index (χ1n) is 10.6. The molecule has 1 saturated heterocycles. The van der Waals surface area contributed by atoms with E-state index in [-0.39, 0.29) is 23.7 Å². The Morgan fingerprint density at radius 2 is 2.13 bits per heavy atom. The fourth-order valence-corrected chi connectivity index (χ4v) is 3.65. The molecule has 1 aliphatic rings. The number of fused-ring (bicyclic) bond motifs is 1. The van der Waals surface area contributed by atoms with Crippen LogP contribution in [-0.4, -0.2) is 45.9 Å². The zero-order chi connectivity index (χ0) is 21.7. The number of rotatable bonds is 9. The van der Waals surface area contributed by atoms with Gasteiger partial charge in [0.2, 0.25) is 5.91 Å². The predicted molar refractivity (Wildman–Crippen MR) is 113 cm³/mol. The SMILES string of the molecule is CCCOc1c(CCC)cnc2c1c(=O)n(CC(=O)NCC1CCCO1)c(=O)n2C. The number of nitrogens with zero attached hydrogens (tertiary/aromatic N) is 3. The highest BCUT2D eigenvalue weighted by molar-refractivity contribution is 5.83. The number of carbonyl (C=O) groups excluding carboxylic acids is 1.